The Bertz CT molecular complexity index is 444. The van der Waals surface area contributed by atoms with E-state index >= 15 is 0 Å². The lowest BCUT2D eigenvalue weighted by molar-refractivity contribution is 0.387. The van der Waals surface area contributed by atoms with Gasteiger partial charge in [0.05, 0.1) is 0 Å². The molecule has 19 heavy (non-hydrogen) atoms. The predicted molar refractivity (Wildman–Crippen MR) is 80.9 cm³/mol. The second-order valence-corrected chi connectivity index (χ2v) is 5.78. The van der Waals surface area contributed by atoms with Crippen molar-refractivity contribution >= 4 is 11.6 Å². The van der Waals surface area contributed by atoms with Crippen LogP contribution in [0.3, 0.4) is 0 Å². The van der Waals surface area contributed by atoms with Crippen LogP contribution < -0.4 is 10.2 Å². The predicted octanol–water partition coefficient (Wildman–Crippen LogP) is 3.15. The topological polar surface area (TPSA) is 41.1 Å². The van der Waals surface area contributed by atoms with Crippen molar-refractivity contribution in [3.05, 3.63) is 11.4 Å². The molecule has 0 amide bonds. The molecule has 0 spiro atoms. The standard InChI is InChI=1S/C15H26N4/c1-6-16-14-12(4)15(18-13(5)17-14)19-9-10(2)7-8-11(19)3/h10-11H,6-9H2,1-5H3,(H,16,17,18). The third-order valence-electron chi connectivity index (χ3n) is 3.97. The van der Waals surface area contributed by atoms with Crippen LogP contribution in [0.15, 0.2) is 0 Å². The summed E-state index contributed by atoms with van der Waals surface area (Å²) in [6.07, 6.45) is 2.57. The molecule has 1 aromatic heterocycles. The molecule has 2 rings (SSSR count). The molecule has 1 aliphatic heterocycles. The molecule has 1 aliphatic rings. The van der Waals surface area contributed by atoms with Crippen molar-refractivity contribution in [3.8, 4) is 0 Å². The van der Waals surface area contributed by atoms with Gasteiger partial charge in [-0.25, -0.2) is 9.97 Å². The first kappa shape index (κ1) is 14.1. The van der Waals surface area contributed by atoms with E-state index in [9.17, 15) is 0 Å². The number of rotatable bonds is 3. The summed E-state index contributed by atoms with van der Waals surface area (Å²) in [6.45, 7) is 12.8. The smallest absolute Gasteiger partial charge is 0.137 e. The Morgan fingerprint density at radius 1 is 1.21 bits per heavy atom. The van der Waals surface area contributed by atoms with Gasteiger partial charge >= 0.3 is 0 Å². The Kier molecular flexibility index (Phi) is 4.27. The monoisotopic (exact) mass is 262 g/mol. The lowest BCUT2D eigenvalue weighted by Crippen LogP contribution is -2.42. The van der Waals surface area contributed by atoms with Gasteiger partial charge in [-0.1, -0.05) is 6.92 Å². The highest BCUT2D eigenvalue weighted by atomic mass is 15.2. The van der Waals surface area contributed by atoms with E-state index in [1.54, 1.807) is 0 Å². The van der Waals surface area contributed by atoms with Crippen LogP contribution in [0.1, 0.15) is 45.0 Å². The molecule has 2 heterocycles. The first-order valence-corrected chi connectivity index (χ1v) is 7.38. The first-order valence-electron chi connectivity index (χ1n) is 7.38. The summed E-state index contributed by atoms with van der Waals surface area (Å²) < 4.78 is 0. The third kappa shape index (κ3) is 2.99. The van der Waals surface area contributed by atoms with Crippen LogP contribution in [0, 0.1) is 19.8 Å². The van der Waals surface area contributed by atoms with Gasteiger partial charge in [0.15, 0.2) is 0 Å². The summed E-state index contributed by atoms with van der Waals surface area (Å²) >= 11 is 0. The highest BCUT2D eigenvalue weighted by molar-refractivity contribution is 5.59. The molecule has 4 nitrogen and oxygen atoms in total. The fourth-order valence-corrected chi connectivity index (χ4v) is 2.82. The summed E-state index contributed by atoms with van der Waals surface area (Å²) in [5, 5.41) is 3.34. The summed E-state index contributed by atoms with van der Waals surface area (Å²) in [4.78, 5) is 11.7. The number of anilines is 2. The Morgan fingerprint density at radius 3 is 2.63 bits per heavy atom. The number of aromatic nitrogens is 2. The molecule has 4 heteroatoms. The van der Waals surface area contributed by atoms with Crippen molar-refractivity contribution in [2.24, 2.45) is 5.92 Å². The molecule has 0 aromatic carbocycles. The molecule has 0 bridgehead atoms. The van der Waals surface area contributed by atoms with Crippen molar-refractivity contribution in [2.45, 2.75) is 53.5 Å². The number of nitrogens with one attached hydrogen (secondary N) is 1. The normalized spacial score (nSPS) is 23.5. The maximum Gasteiger partial charge on any atom is 0.137 e. The van der Waals surface area contributed by atoms with Crippen LogP contribution in [-0.4, -0.2) is 29.1 Å². The summed E-state index contributed by atoms with van der Waals surface area (Å²) in [5.74, 6) is 3.69. The minimum atomic E-state index is 0.568. The van der Waals surface area contributed by atoms with E-state index in [2.05, 4.69) is 42.9 Å². The quantitative estimate of drug-likeness (QED) is 0.908. The molecule has 1 fully saturated rings. The number of nitrogens with zero attached hydrogens (tertiary/aromatic N) is 3. The van der Waals surface area contributed by atoms with E-state index in [1.807, 2.05) is 6.92 Å². The Morgan fingerprint density at radius 2 is 1.95 bits per heavy atom. The van der Waals surface area contributed by atoms with E-state index in [0.717, 1.165) is 36.5 Å². The number of hydrogen-bond acceptors (Lipinski definition) is 4. The Balaban J connectivity index is 2.37. The maximum absolute atomic E-state index is 4.70. The van der Waals surface area contributed by atoms with Crippen molar-refractivity contribution in [1.29, 1.82) is 0 Å². The van der Waals surface area contributed by atoms with Crippen molar-refractivity contribution in [3.63, 3.8) is 0 Å². The fourth-order valence-electron chi connectivity index (χ4n) is 2.82. The highest BCUT2D eigenvalue weighted by Gasteiger charge is 2.26. The summed E-state index contributed by atoms with van der Waals surface area (Å²) in [6, 6.07) is 0.568. The van der Waals surface area contributed by atoms with Crippen LogP contribution in [-0.2, 0) is 0 Å². The average molecular weight is 262 g/mol. The molecule has 2 unspecified atom stereocenters. The maximum atomic E-state index is 4.70. The second-order valence-electron chi connectivity index (χ2n) is 5.78. The van der Waals surface area contributed by atoms with E-state index in [-0.39, 0.29) is 0 Å². The van der Waals surface area contributed by atoms with Crippen molar-refractivity contribution in [1.82, 2.24) is 9.97 Å². The molecular weight excluding hydrogens is 236 g/mol. The van der Waals surface area contributed by atoms with Gasteiger partial charge < -0.3 is 10.2 Å². The van der Waals surface area contributed by atoms with Crippen LogP contribution in [0.25, 0.3) is 0 Å². The minimum Gasteiger partial charge on any atom is -0.370 e. The van der Waals surface area contributed by atoms with Crippen LogP contribution in [0.2, 0.25) is 0 Å². The van der Waals surface area contributed by atoms with Gasteiger partial charge in [-0.05, 0) is 46.5 Å². The van der Waals surface area contributed by atoms with Gasteiger partial charge in [-0.3, -0.25) is 0 Å². The Hall–Kier alpha value is -1.32. The molecule has 0 aliphatic carbocycles. The van der Waals surface area contributed by atoms with Crippen LogP contribution >= 0.6 is 0 Å². The zero-order valence-electron chi connectivity index (χ0n) is 12.8. The SMILES string of the molecule is CCNc1nc(C)nc(N2CC(C)CCC2C)c1C. The molecule has 0 radical (unpaired) electrons. The molecule has 1 saturated heterocycles. The van der Waals surface area contributed by atoms with Gasteiger partial charge in [0.25, 0.3) is 0 Å². The van der Waals surface area contributed by atoms with E-state index in [0.29, 0.717) is 6.04 Å². The fraction of sp³-hybridized carbons (Fsp3) is 0.733. The van der Waals surface area contributed by atoms with E-state index < -0.39 is 0 Å². The molecule has 106 valence electrons. The van der Waals surface area contributed by atoms with Gasteiger partial charge in [0.2, 0.25) is 0 Å². The Labute approximate surface area is 116 Å². The van der Waals surface area contributed by atoms with Gasteiger partial charge in [0.1, 0.15) is 17.5 Å². The van der Waals surface area contributed by atoms with Crippen molar-refractivity contribution < 1.29 is 0 Å². The van der Waals surface area contributed by atoms with Gasteiger partial charge in [-0.15, -0.1) is 0 Å². The third-order valence-corrected chi connectivity index (χ3v) is 3.97. The zero-order chi connectivity index (χ0) is 14.0. The lowest BCUT2D eigenvalue weighted by atomic mass is 9.95. The summed E-state index contributed by atoms with van der Waals surface area (Å²) in [7, 11) is 0. The van der Waals surface area contributed by atoms with Crippen LogP contribution in [0.5, 0.6) is 0 Å². The average Bonchev–Trinajstić information content (AvgIpc) is 2.37. The first-order chi connectivity index (χ1) is 9.02. The van der Waals surface area contributed by atoms with Crippen LogP contribution in [0.4, 0.5) is 11.6 Å². The molecule has 0 saturated carbocycles. The van der Waals surface area contributed by atoms with Gasteiger partial charge in [0, 0.05) is 24.7 Å². The molecular formula is C15H26N4. The largest absolute Gasteiger partial charge is 0.370 e. The van der Waals surface area contributed by atoms with Gasteiger partial charge in [-0.2, -0.15) is 0 Å². The second kappa shape index (κ2) is 5.76. The highest BCUT2D eigenvalue weighted by Crippen LogP contribution is 2.30. The minimum absolute atomic E-state index is 0.568. The molecule has 1 N–H and O–H groups in total. The zero-order valence-corrected chi connectivity index (χ0v) is 12.8. The number of aryl methyl sites for hydroxylation is 1. The lowest BCUT2D eigenvalue weighted by Gasteiger charge is -2.38. The molecule has 1 aromatic rings. The van der Waals surface area contributed by atoms with E-state index in [4.69, 9.17) is 4.98 Å². The number of piperidine rings is 1. The van der Waals surface area contributed by atoms with E-state index in [1.165, 1.54) is 18.4 Å². The summed E-state index contributed by atoms with van der Waals surface area (Å²) in [5.41, 5.74) is 1.17. The van der Waals surface area contributed by atoms with Crippen molar-refractivity contribution in [2.75, 3.05) is 23.3 Å². The molecule has 2 atom stereocenters. The number of hydrogen-bond donors (Lipinski definition) is 1.